The molecule has 10 heteroatoms. The van der Waals surface area contributed by atoms with Crippen LogP contribution in [-0.4, -0.2) is 34.3 Å². The molecule has 166 valence electrons. The van der Waals surface area contributed by atoms with Gasteiger partial charge in [0.15, 0.2) is 0 Å². The maximum absolute atomic E-state index is 12.9. The molecule has 0 radical (unpaired) electrons. The van der Waals surface area contributed by atoms with Crippen LogP contribution in [0.4, 0.5) is 18.9 Å². The first kappa shape index (κ1) is 25.5. The number of aromatic nitrogens is 2. The number of nitrogens with zero attached hydrogens (tertiary/aromatic N) is 2. The fourth-order valence-electron chi connectivity index (χ4n) is 2.69. The topological polar surface area (TPSA) is 73.2 Å². The average Bonchev–Trinajstić information content (AvgIpc) is 2.97. The van der Waals surface area contributed by atoms with E-state index in [2.05, 4.69) is 10.4 Å². The summed E-state index contributed by atoms with van der Waals surface area (Å²) in [4.78, 5) is 16.2. The molecule has 2 aromatic rings. The summed E-state index contributed by atoms with van der Waals surface area (Å²) in [7, 11) is 0. The molecule has 0 saturated carbocycles. The second kappa shape index (κ2) is 11.0. The van der Waals surface area contributed by atoms with Crippen molar-refractivity contribution in [3.8, 4) is 17.0 Å². The summed E-state index contributed by atoms with van der Waals surface area (Å²) in [6.45, 7) is 9.33. The van der Waals surface area contributed by atoms with Gasteiger partial charge in [-0.15, -0.1) is 0 Å². The first-order valence-corrected chi connectivity index (χ1v) is 9.76. The highest BCUT2D eigenvalue weighted by Gasteiger charge is 2.36. The Balaban J connectivity index is 0.00000141. The van der Waals surface area contributed by atoms with Gasteiger partial charge in [0, 0.05) is 23.9 Å². The second-order valence-corrected chi connectivity index (χ2v) is 7.03. The van der Waals surface area contributed by atoms with Crippen LogP contribution in [0.2, 0.25) is 5.02 Å². The zero-order valence-electron chi connectivity index (χ0n) is 17.4. The van der Waals surface area contributed by atoms with Gasteiger partial charge in [0.05, 0.1) is 22.5 Å². The molecule has 6 nitrogen and oxygen atoms in total. The molecule has 0 bridgehead atoms. The van der Waals surface area contributed by atoms with E-state index in [-0.39, 0.29) is 12.3 Å². The third-order valence-electron chi connectivity index (χ3n) is 4.07. The predicted octanol–water partition coefficient (Wildman–Crippen LogP) is 5.35. The molecule has 0 amide bonds. The van der Waals surface area contributed by atoms with Gasteiger partial charge in [0.1, 0.15) is 11.8 Å². The molecule has 0 spiro atoms. The number of alkyl halides is 3. The molecule has 2 rings (SSSR count). The maximum Gasteiger partial charge on any atom is 0.408 e. The number of rotatable bonds is 7. The number of nitrogens with one attached hydrogen (secondary N) is 1. The maximum atomic E-state index is 12.9. The van der Waals surface area contributed by atoms with Crippen molar-refractivity contribution < 1.29 is 27.5 Å². The van der Waals surface area contributed by atoms with E-state index < -0.39 is 12.2 Å². The van der Waals surface area contributed by atoms with Crippen LogP contribution in [-0.2, 0) is 22.6 Å². The quantitative estimate of drug-likeness (QED) is 0.619. The molecule has 0 aliphatic carbocycles. The Hall–Kier alpha value is -2.51. The van der Waals surface area contributed by atoms with Gasteiger partial charge in [-0.3, -0.25) is 4.68 Å². The summed E-state index contributed by atoms with van der Waals surface area (Å²) in [5.74, 6) is 0.462. The summed E-state index contributed by atoms with van der Waals surface area (Å²) in [5.41, 5.74) is 2.51. The summed E-state index contributed by atoms with van der Waals surface area (Å²) >= 11 is 6.53. The van der Waals surface area contributed by atoms with E-state index in [1.165, 1.54) is 0 Å². The minimum Gasteiger partial charge on any atom is -0.490 e. The van der Waals surface area contributed by atoms with Crippen LogP contribution < -0.4 is 10.1 Å². The van der Waals surface area contributed by atoms with Gasteiger partial charge in [-0.2, -0.15) is 27.9 Å². The van der Waals surface area contributed by atoms with Gasteiger partial charge < -0.3 is 10.1 Å². The first-order chi connectivity index (χ1) is 14.0. The molecule has 1 aromatic carbocycles. The second-order valence-electron chi connectivity index (χ2n) is 6.65. The van der Waals surface area contributed by atoms with E-state index in [0.717, 1.165) is 12.6 Å². The Kier molecular flexibility index (Phi) is 9.39. The molecule has 0 fully saturated rings. The normalized spacial score (nSPS) is 12.1. The van der Waals surface area contributed by atoms with Gasteiger partial charge in [-0.25, -0.2) is 0 Å². The lowest BCUT2D eigenvalue weighted by molar-refractivity contribution is -0.191. The van der Waals surface area contributed by atoms with E-state index in [0.29, 0.717) is 40.7 Å². The van der Waals surface area contributed by atoms with E-state index in [9.17, 15) is 13.2 Å². The number of carbonyl (C=O) groups excluding carboxylic acids is 2. The molecular formula is C20H25ClF3N3O3. The Morgan fingerprint density at radius 1 is 1.23 bits per heavy atom. The summed E-state index contributed by atoms with van der Waals surface area (Å²) in [5, 5.41) is 7.52. The zero-order chi connectivity index (χ0) is 23.1. The standard InChI is InChI=1S/C19H25ClF3N3O.CO2/c1-6-15-17(20)18(26(7-2)25-15)14-9-8-13(10-16(14)27-11(3)4)24-12(5)19(21,22)23;2-1-3/h8-12,24H,6-7H2,1-5H3;/t12-;/m1./s1. The molecule has 0 saturated heterocycles. The molecule has 1 aromatic heterocycles. The van der Waals surface area contributed by atoms with Crippen LogP contribution in [0.5, 0.6) is 5.75 Å². The van der Waals surface area contributed by atoms with E-state index >= 15 is 0 Å². The minimum atomic E-state index is -4.34. The van der Waals surface area contributed by atoms with Crippen molar-refractivity contribution in [2.45, 2.75) is 65.9 Å². The van der Waals surface area contributed by atoms with Gasteiger partial charge in [-0.05, 0) is 46.2 Å². The van der Waals surface area contributed by atoms with Crippen molar-refractivity contribution in [3.63, 3.8) is 0 Å². The monoisotopic (exact) mass is 447 g/mol. The molecule has 0 aliphatic rings. The minimum absolute atomic E-state index is 0.151. The largest absolute Gasteiger partial charge is 0.490 e. The highest BCUT2D eigenvalue weighted by atomic mass is 35.5. The van der Waals surface area contributed by atoms with E-state index in [1.807, 2.05) is 27.7 Å². The molecule has 0 aliphatic heterocycles. The lowest BCUT2D eigenvalue weighted by Crippen LogP contribution is -2.33. The van der Waals surface area contributed by atoms with Crippen LogP contribution in [0.1, 0.15) is 40.3 Å². The van der Waals surface area contributed by atoms with E-state index in [4.69, 9.17) is 25.9 Å². The van der Waals surface area contributed by atoms with E-state index in [1.54, 1.807) is 22.9 Å². The molecular weight excluding hydrogens is 423 g/mol. The Morgan fingerprint density at radius 2 is 1.83 bits per heavy atom. The fourth-order valence-corrected chi connectivity index (χ4v) is 3.06. The summed E-state index contributed by atoms with van der Waals surface area (Å²) in [6, 6.07) is 3.22. The van der Waals surface area contributed by atoms with Gasteiger partial charge >= 0.3 is 12.3 Å². The summed E-state index contributed by atoms with van der Waals surface area (Å²) < 4.78 is 46.3. The van der Waals surface area contributed by atoms with Crippen LogP contribution in [0.3, 0.4) is 0 Å². The number of benzene rings is 1. The van der Waals surface area contributed by atoms with Crippen LogP contribution in [0.15, 0.2) is 18.2 Å². The number of anilines is 1. The number of hydrogen-bond acceptors (Lipinski definition) is 5. The number of aryl methyl sites for hydroxylation is 2. The zero-order valence-corrected chi connectivity index (χ0v) is 18.2. The number of hydrogen-bond donors (Lipinski definition) is 1. The molecule has 1 atom stereocenters. The Morgan fingerprint density at radius 3 is 2.30 bits per heavy atom. The predicted molar refractivity (Wildman–Crippen MR) is 108 cm³/mol. The Labute approximate surface area is 178 Å². The fraction of sp³-hybridized carbons (Fsp3) is 0.500. The molecule has 0 unspecified atom stereocenters. The first-order valence-electron chi connectivity index (χ1n) is 9.38. The number of ether oxygens (including phenoxy) is 1. The van der Waals surface area contributed by atoms with Crippen LogP contribution in [0, 0.1) is 0 Å². The van der Waals surface area contributed by atoms with Crippen molar-refractivity contribution in [1.82, 2.24) is 9.78 Å². The van der Waals surface area contributed by atoms with Crippen molar-refractivity contribution in [1.29, 1.82) is 0 Å². The lowest BCUT2D eigenvalue weighted by Gasteiger charge is -2.21. The van der Waals surface area contributed by atoms with Crippen molar-refractivity contribution in [2.24, 2.45) is 0 Å². The highest BCUT2D eigenvalue weighted by molar-refractivity contribution is 6.33. The van der Waals surface area contributed by atoms with Gasteiger partial charge in [0.2, 0.25) is 0 Å². The highest BCUT2D eigenvalue weighted by Crippen LogP contribution is 2.39. The van der Waals surface area contributed by atoms with Crippen LogP contribution in [0.25, 0.3) is 11.3 Å². The third-order valence-corrected chi connectivity index (χ3v) is 4.47. The van der Waals surface area contributed by atoms with Crippen molar-refractivity contribution in [3.05, 3.63) is 28.9 Å². The smallest absolute Gasteiger partial charge is 0.408 e. The lowest BCUT2D eigenvalue weighted by atomic mass is 10.1. The van der Waals surface area contributed by atoms with Crippen molar-refractivity contribution >= 4 is 23.4 Å². The molecule has 1 N–H and O–H groups in total. The molecule has 1 heterocycles. The Bertz CT molecular complexity index is 876. The number of halogens is 4. The third kappa shape index (κ3) is 6.50. The average molecular weight is 448 g/mol. The SMILES string of the molecule is CCc1nn(CC)c(-c2ccc(N[C@H](C)C(F)(F)F)cc2OC(C)C)c1Cl.O=C=O. The van der Waals surface area contributed by atoms with Gasteiger partial charge in [-0.1, -0.05) is 18.5 Å². The summed E-state index contributed by atoms with van der Waals surface area (Å²) in [6.07, 6.45) is -3.55. The van der Waals surface area contributed by atoms with Gasteiger partial charge in [0.25, 0.3) is 0 Å². The van der Waals surface area contributed by atoms with Crippen LogP contribution >= 0.6 is 11.6 Å². The molecule has 30 heavy (non-hydrogen) atoms. The van der Waals surface area contributed by atoms with Crippen molar-refractivity contribution in [2.75, 3.05) is 5.32 Å².